The maximum Gasteiger partial charge on any atom is 0.0900 e. The van der Waals surface area contributed by atoms with E-state index in [0.717, 1.165) is 57.1 Å². The molecule has 3 fully saturated rings. The Morgan fingerprint density at radius 3 is 2.48 bits per heavy atom. The van der Waals surface area contributed by atoms with Crippen LogP contribution in [0.3, 0.4) is 0 Å². The number of fused-ring (bicyclic) bond motifs is 2. The molecule has 5 nitrogen and oxygen atoms in total. The number of rotatable bonds is 9. The Balaban J connectivity index is 1.22. The van der Waals surface area contributed by atoms with Crippen molar-refractivity contribution in [3.05, 3.63) is 0 Å². The van der Waals surface area contributed by atoms with Crippen LogP contribution in [0.25, 0.3) is 0 Å². The number of ether oxygens (including phenoxy) is 1. The van der Waals surface area contributed by atoms with E-state index in [9.17, 15) is 5.11 Å². The van der Waals surface area contributed by atoms with Crippen LogP contribution >= 0.6 is 0 Å². The van der Waals surface area contributed by atoms with Gasteiger partial charge in [0.05, 0.1) is 19.3 Å². The van der Waals surface area contributed by atoms with Crippen LogP contribution in [0.15, 0.2) is 0 Å². The molecule has 0 spiro atoms. The Morgan fingerprint density at radius 2 is 1.83 bits per heavy atom. The number of β-amino-alcohol motifs (C(OH)–C–C–N with tert-alkyl or cyclic N) is 2. The topological polar surface area (TPSA) is 56.2 Å². The number of hydrogen-bond acceptors (Lipinski definition) is 5. The van der Waals surface area contributed by atoms with Crippen LogP contribution in [0.5, 0.6) is 0 Å². The zero-order valence-corrected chi connectivity index (χ0v) is 14.4. The predicted molar refractivity (Wildman–Crippen MR) is 90.3 cm³/mol. The average Bonchev–Trinajstić information content (AvgIpc) is 3.17. The average molecular weight is 326 g/mol. The van der Waals surface area contributed by atoms with Crippen molar-refractivity contribution in [1.82, 2.24) is 9.80 Å². The molecule has 3 aliphatic rings. The van der Waals surface area contributed by atoms with E-state index in [1.165, 1.54) is 32.1 Å². The van der Waals surface area contributed by atoms with Crippen LogP contribution in [0.4, 0.5) is 0 Å². The predicted octanol–water partition coefficient (Wildman–Crippen LogP) is 0.800. The highest BCUT2D eigenvalue weighted by Crippen LogP contribution is 2.49. The summed E-state index contributed by atoms with van der Waals surface area (Å²) in [5.41, 5.74) is 0. The Morgan fingerprint density at radius 1 is 1.04 bits per heavy atom. The van der Waals surface area contributed by atoms with Gasteiger partial charge in [-0.25, -0.2) is 0 Å². The highest BCUT2D eigenvalue weighted by Gasteiger charge is 2.38. The second kappa shape index (κ2) is 8.77. The van der Waals surface area contributed by atoms with Crippen LogP contribution < -0.4 is 0 Å². The minimum absolute atomic E-state index is 0.235. The van der Waals surface area contributed by atoms with Gasteiger partial charge in [-0.05, 0) is 43.4 Å². The third-order valence-electron chi connectivity index (χ3n) is 6.18. The largest absolute Gasteiger partial charge is 0.395 e. The van der Waals surface area contributed by atoms with Gasteiger partial charge >= 0.3 is 0 Å². The number of hydrogen-bond donors (Lipinski definition) is 2. The molecule has 0 aromatic carbocycles. The normalized spacial score (nSPS) is 33.4. The Kier molecular flexibility index (Phi) is 6.72. The lowest BCUT2D eigenvalue weighted by atomic mass is 9.87. The molecule has 5 heteroatoms. The molecule has 2 aliphatic carbocycles. The molecule has 3 rings (SSSR count). The molecule has 23 heavy (non-hydrogen) atoms. The van der Waals surface area contributed by atoms with Crippen molar-refractivity contribution >= 4 is 0 Å². The molecule has 134 valence electrons. The fourth-order valence-electron chi connectivity index (χ4n) is 4.87. The van der Waals surface area contributed by atoms with E-state index in [4.69, 9.17) is 9.84 Å². The van der Waals surface area contributed by atoms with Crippen LogP contribution in [0.2, 0.25) is 0 Å². The summed E-state index contributed by atoms with van der Waals surface area (Å²) in [6.07, 6.45) is 6.62. The summed E-state index contributed by atoms with van der Waals surface area (Å²) in [7, 11) is 0. The molecular weight excluding hydrogens is 292 g/mol. The fraction of sp³-hybridized carbons (Fsp3) is 1.00. The molecule has 4 atom stereocenters. The molecule has 0 amide bonds. The lowest BCUT2D eigenvalue weighted by Crippen LogP contribution is -2.49. The van der Waals surface area contributed by atoms with Crippen LogP contribution in [-0.2, 0) is 4.74 Å². The minimum atomic E-state index is -0.376. The van der Waals surface area contributed by atoms with Crippen LogP contribution in [-0.4, -0.2) is 85.2 Å². The van der Waals surface area contributed by atoms with E-state index in [1.54, 1.807) is 0 Å². The Bertz CT molecular complexity index is 347. The molecule has 0 aromatic rings. The first-order chi connectivity index (χ1) is 11.2. The monoisotopic (exact) mass is 326 g/mol. The molecule has 1 aliphatic heterocycles. The number of nitrogens with zero attached hydrogens (tertiary/aromatic N) is 2. The lowest BCUT2D eigenvalue weighted by Gasteiger charge is -2.35. The highest BCUT2D eigenvalue weighted by molar-refractivity contribution is 4.89. The molecule has 0 aromatic heterocycles. The van der Waals surface area contributed by atoms with Crippen LogP contribution in [0.1, 0.15) is 32.1 Å². The van der Waals surface area contributed by atoms with Crippen molar-refractivity contribution < 1.29 is 14.9 Å². The standard InChI is InChI=1S/C18H34N2O3/c21-9-8-19-4-6-20(7-5-19)13-18(22)14-23-10-3-17-12-15-1-2-16(17)11-15/h15-18,21-22H,1-14H2/t15-,16-,17+,18-/m1/s1. The van der Waals surface area contributed by atoms with Gasteiger partial charge in [-0.2, -0.15) is 0 Å². The first kappa shape index (κ1) is 17.6. The first-order valence-electron chi connectivity index (χ1n) is 9.56. The smallest absolute Gasteiger partial charge is 0.0900 e. The van der Waals surface area contributed by atoms with Crippen molar-refractivity contribution in [3.63, 3.8) is 0 Å². The molecular formula is C18H34N2O3. The van der Waals surface area contributed by atoms with Gasteiger partial charge in [0.15, 0.2) is 0 Å². The van der Waals surface area contributed by atoms with Crippen molar-refractivity contribution in [2.24, 2.45) is 17.8 Å². The number of aliphatic hydroxyl groups is 2. The molecule has 2 bridgehead atoms. The first-order valence-corrected chi connectivity index (χ1v) is 9.56. The van der Waals surface area contributed by atoms with Gasteiger partial charge in [-0.3, -0.25) is 9.80 Å². The summed E-state index contributed by atoms with van der Waals surface area (Å²) >= 11 is 0. The van der Waals surface area contributed by atoms with Gasteiger partial charge in [0.25, 0.3) is 0 Å². The molecule has 0 unspecified atom stereocenters. The molecule has 2 N–H and O–H groups in total. The van der Waals surface area contributed by atoms with Gasteiger partial charge in [0, 0.05) is 45.9 Å². The van der Waals surface area contributed by atoms with E-state index in [-0.39, 0.29) is 12.7 Å². The van der Waals surface area contributed by atoms with E-state index in [0.29, 0.717) is 13.2 Å². The second-order valence-electron chi connectivity index (χ2n) is 7.82. The van der Waals surface area contributed by atoms with Crippen molar-refractivity contribution in [1.29, 1.82) is 0 Å². The summed E-state index contributed by atoms with van der Waals surface area (Å²) in [4.78, 5) is 4.58. The zero-order chi connectivity index (χ0) is 16.1. The third kappa shape index (κ3) is 5.13. The Labute approximate surface area is 140 Å². The lowest BCUT2D eigenvalue weighted by molar-refractivity contribution is 0.00152. The van der Waals surface area contributed by atoms with Crippen molar-refractivity contribution in [3.8, 4) is 0 Å². The molecule has 0 radical (unpaired) electrons. The summed E-state index contributed by atoms with van der Waals surface area (Å²) in [5.74, 6) is 2.88. The third-order valence-corrected chi connectivity index (χ3v) is 6.18. The van der Waals surface area contributed by atoms with E-state index < -0.39 is 0 Å². The Hall–Kier alpha value is -0.200. The highest BCUT2D eigenvalue weighted by atomic mass is 16.5. The molecule has 1 saturated heterocycles. The van der Waals surface area contributed by atoms with Gasteiger partial charge in [-0.1, -0.05) is 6.42 Å². The second-order valence-corrected chi connectivity index (χ2v) is 7.82. The summed E-state index contributed by atoms with van der Waals surface area (Å²) in [6.45, 7) is 6.91. The maximum absolute atomic E-state index is 10.1. The number of aliphatic hydroxyl groups excluding tert-OH is 2. The zero-order valence-electron chi connectivity index (χ0n) is 14.4. The summed E-state index contributed by atoms with van der Waals surface area (Å²) < 4.78 is 5.75. The van der Waals surface area contributed by atoms with E-state index in [1.807, 2.05) is 0 Å². The van der Waals surface area contributed by atoms with Gasteiger partial charge in [-0.15, -0.1) is 0 Å². The quantitative estimate of drug-likeness (QED) is 0.614. The summed E-state index contributed by atoms with van der Waals surface area (Å²) in [6, 6.07) is 0. The van der Waals surface area contributed by atoms with E-state index >= 15 is 0 Å². The van der Waals surface area contributed by atoms with Crippen molar-refractivity contribution in [2.75, 3.05) is 59.1 Å². The van der Waals surface area contributed by atoms with Gasteiger partial charge < -0.3 is 14.9 Å². The maximum atomic E-state index is 10.1. The fourth-order valence-corrected chi connectivity index (χ4v) is 4.87. The van der Waals surface area contributed by atoms with Crippen molar-refractivity contribution in [2.45, 2.75) is 38.2 Å². The molecule has 2 saturated carbocycles. The van der Waals surface area contributed by atoms with Gasteiger partial charge in [0.2, 0.25) is 0 Å². The van der Waals surface area contributed by atoms with Crippen LogP contribution in [0, 0.1) is 17.8 Å². The molecule has 1 heterocycles. The van der Waals surface area contributed by atoms with Gasteiger partial charge in [0.1, 0.15) is 0 Å². The van der Waals surface area contributed by atoms with E-state index in [2.05, 4.69) is 9.80 Å². The summed E-state index contributed by atoms with van der Waals surface area (Å²) in [5, 5.41) is 19.1. The minimum Gasteiger partial charge on any atom is -0.395 e. The SMILES string of the molecule is OCCN1CCN(C[C@@H](O)COCC[C@H]2C[C@@H]3CC[C@@H]2C3)CC1. The number of piperazine rings is 1.